The summed E-state index contributed by atoms with van der Waals surface area (Å²) in [6.45, 7) is 5.46. The molecule has 156 valence electrons. The molecule has 1 aromatic heterocycles. The maximum Gasteiger partial charge on any atom is 0.261 e. The predicted molar refractivity (Wildman–Crippen MR) is 120 cm³/mol. The molecule has 0 N–H and O–H groups in total. The van der Waals surface area contributed by atoms with E-state index in [1.54, 1.807) is 18.2 Å². The summed E-state index contributed by atoms with van der Waals surface area (Å²) in [6.07, 6.45) is 4.87. The van der Waals surface area contributed by atoms with Gasteiger partial charge in [-0.05, 0) is 49.9 Å². The Bertz CT molecular complexity index is 1100. The summed E-state index contributed by atoms with van der Waals surface area (Å²) in [5, 5.41) is 0.593. The molecule has 0 aliphatic carbocycles. The number of amides is 1. The normalized spacial score (nSPS) is 14.7. The predicted octanol–water partition coefficient (Wildman–Crippen LogP) is 4.56. The first-order valence-electron chi connectivity index (χ1n) is 11.0. The second-order valence-corrected chi connectivity index (χ2v) is 8.20. The molecule has 0 saturated carbocycles. The quantitative estimate of drug-likeness (QED) is 0.627. The maximum atomic E-state index is 13.4. The Morgan fingerprint density at radius 1 is 1.13 bits per heavy atom. The van der Waals surface area contributed by atoms with E-state index in [0.29, 0.717) is 23.0 Å². The molecule has 3 aromatic rings. The number of hydrogen-bond donors (Lipinski definition) is 0. The van der Waals surface area contributed by atoms with Gasteiger partial charge in [-0.25, -0.2) is 4.98 Å². The first-order valence-corrected chi connectivity index (χ1v) is 11.0. The molecule has 2 aromatic carbocycles. The molecule has 1 unspecified atom stereocenters. The van der Waals surface area contributed by atoms with Gasteiger partial charge in [-0.15, -0.1) is 0 Å². The van der Waals surface area contributed by atoms with Crippen LogP contribution < -0.4 is 5.56 Å². The monoisotopic (exact) mass is 403 g/mol. The minimum atomic E-state index is -0.0213. The van der Waals surface area contributed by atoms with Gasteiger partial charge in [0.15, 0.2) is 0 Å². The third-order valence-electron chi connectivity index (χ3n) is 6.14. The van der Waals surface area contributed by atoms with Crippen LogP contribution >= 0.6 is 0 Å². The summed E-state index contributed by atoms with van der Waals surface area (Å²) in [4.78, 5) is 33.1. The lowest BCUT2D eigenvalue weighted by Crippen LogP contribution is -2.37. The second kappa shape index (κ2) is 8.82. The molecular weight excluding hydrogens is 374 g/mol. The molecule has 1 aliphatic heterocycles. The summed E-state index contributed by atoms with van der Waals surface area (Å²) >= 11 is 0. The number of nitrogens with zero attached hydrogens (tertiary/aromatic N) is 3. The third-order valence-corrected chi connectivity index (χ3v) is 6.14. The SMILES string of the molecule is CCC(C)N(Cc1ccccc1)C(=O)c1ccc2c(=O)n3c(nc2c1)CCCCC3. The Kier molecular flexibility index (Phi) is 5.98. The highest BCUT2D eigenvalue weighted by Gasteiger charge is 2.22. The lowest BCUT2D eigenvalue weighted by molar-refractivity contribution is 0.0671. The second-order valence-electron chi connectivity index (χ2n) is 8.20. The molecule has 1 atom stereocenters. The summed E-state index contributed by atoms with van der Waals surface area (Å²) in [5.41, 5.74) is 2.33. The van der Waals surface area contributed by atoms with Crippen LogP contribution in [0.5, 0.6) is 0 Å². The van der Waals surface area contributed by atoms with Crippen molar-refractivity contribution >= 4 is 16.8 Å². The number of aryl methyl sites for hydroxylation is 1. The lowest BCUT2D eigenvalue weighted by atomic mass is 10.1. The molecule has 0 radical (unpaired) electrons. The van der Waals surface area contributed by atoms with E-state index in [1.807, 2.05) is 39.8 Å². The largest absolute Gasteiger partial charge is 0.332 e. The molecule has 0 bridgehead atoms. The Balaban J connectivity index is 1.71. The van der Waals surface area contributed by atoms with Crippen LogP contribution in [0.4, 0.5) is 0 Å². The third kappa shape index (κ3) is 4.02. The maximum absolute atomic E-state index is 13.4. The van der Waals surface area contributed by atoms with Gasteiger partial charge >= 0.3 is 0 Å². The number of rotatable bonds is 5. The number of fused-ring (bicyclic) bond motifs is 2. The zero-order valence-electron chi connectivity index (χ0n) is 17.8. The number of hydrogen-bond acceptors (Lipinski definition) is 3. The number of aromatic nitrogens is 2. The standard InChI is InChI=1S/C25H29N3O2/c1-3-18(2)28(17-19-10-6-4-7-11-19)24(29)20-13-14-21-22(16-20)26-23-12-8-5-9-15-27(23)25(21)30/h4,6-7,10-11,13-14,16,18H,3,5,8-9,12,15,17H2,1-2H3. The molecule has 4 rings (SSSR count). The van der Waals surface area contributed by atoms with Gasteiger partial charge in [0, 0.05) is 31.1 Å². The van der Waals surface area contributed by atoms with Crippen molar-refractivity contribution in [3.63, 3.8) is 0 Å². The molecule has 2 heterocycles. The zero-order chi connectivity index (χ0) is 21.1. The number of carbonyl (C=O) groups excluding carboxylic acids is 1. The topological polar surface area (TPSA) is 55.2 Å². The van der Waals surface area contributed by atoms with Crippen molar-refractivity contribution in [3.8, 4) is 0 Å². The number of benzene rings is 2. The van der Waals surface area contributed by atoms with E-state index in [9.17, 15) is 9.59 Å². The molecule has 1 aliphatic rings. The van der Waals surface area contributed by atoms with E-state index < -0.39 is 0 Å². The van der Waals surface area contributed by atoms with Crippen molar-refractivity contribution in [2.24, 2.45) is 0 Å². The van der Waals surface area contributed by atoms with E-state index in [2.05, 4.69) is 13.8 Å². The lowest BCUT2D eigenvalue weighted by Gasteiger charge is -2.29. The Labute approximate surface area is 177 Å². The highest BCUT2D eigenvalue weighted by Crippen LogP contribution is 2.20. The van der Waals surface area contributed by atoms with Crippen LogP contribution in [0.3, 0.4) is 0 Å². The highest BCUT2D eigenvalue weighted by molar-refractivity contribution is 5.97. The van der Waals surface area contributed by atoms with Gasteiger partial charge in [0.1, 0.15) is 5.82 Å². The number of carbonyl (C=O) groups is 1. The highest BCUT2D eigenvalue weighted by atomic mass is 16.2. The van der Waals surface area contributed by atoms with Crippen molar-refractivity contribution in [2.75, 3.05) is 0 Å². The summed E-state index contributed by atoms with van der Waals surface area (Å²) in [5.74, 6) is 0.824. The van der Waals surface area contributed by atoms with Gasteiger partial charge in [-0.2, -0.15) is 0 Å². The summed E-state index contributed by atoms with van der Waals surface area (Å²) < 4.78 is 1.82. The zero-order valence-corrected chi connectivity index (χ0v) is 17.8. The van der Waals surface area contributed by atoms with Crippen molar-refractivity contribution in [2.45, 2.75) is 65.1 Å². The van der Waals surface area contributed by atoms with Crippen molar-refractivity contribution in [3.05, 3.63) is 75.8 Å². The van der Waals surface area contributed by atoms with Crippen LogP contribution in [0.2, 0.25) is 0 Å². The average molecular weight is 404 g/mol. The fourth-order valence-corrected chi connectivity index (χ4v) is 4.15. The minimum Gasteiger partial charge on any atom is -0.332 e. The minimum absolute atomic E-state index is 0.0129. The van der Waals surface area contributed by atoms with Crippen LogP contribution in [0.25, 0.3) is 10.9 Å². The van der Waals surface area contributed by atoms with Gasteiger partial charge < -0.3 is 4.90 Å². The van der Waals surface area contributed by atoms with Crippen molar-refractivity contribution in [1.29, 1.82) is 0 Å². The van der Waals surface area contributed by atoms with Crippen molar-refractivity contribution in [1.82, 2.24) is 14.5 Å². The van der Waals surface area contributed by atoms with E-state index >= 15 is 0 Å². The Hall–Kier alpha value is -2.95. The van der Waals surface area contributed by atoms with Gasteiger partial charge in [-0.3, -0.25) is 14.2 Å². The summed E-state index contributed by atoms with van der Waals surface area (Å²) in [6, 6.07) is 15.5. The average Bonchev–Trinajstić information content (AvgIpc) is 3.02. The van der Waals surface area contributed by atoms with E-state index in [0.717, 1.165) is 50.0 Å². The van der Waals surface area contributed by atoms with E-state index in [1.165, 1.54) is 0 Å². The van der Waals surface area contributed by atoms with Gasteiger partial charge in [0.2, 0.25) is 0 Å². The smallest absolute Gasteiger partial charge is 0.261 e. The van der Waals surface area contributed by atoms with Crippen LogP contribution in [0.15, 0.2) is 53.3 Å². The van der Waals surface area contributed by atoms with Crippen LogP contribution in [0, 0.1) is 0 Å². The van der Waals surface area contributed by atoms with Gasteiger partial charge in [-0.1, -0.05) is 43.7 Å². The molecular formula is C25H29N3O2. The molecule has 30 heavy (non-hydrogen) atoms. The summed E-state index contributed by atoms with van der Waals surface area (Å²) in [7, 11) is 0. The molecule has 0 saturated heterocycles. The Morgan fingerprint density at radius 3 is 2.70 bits per heavy atom. The molecule has 5 nitrogen and oxygen atoms in total. The molecule has 5 heteroatoms. The van der Waals surface area contributed by atoms with Crippen LogP contribution in [-0.2, 0) is 19.5 Å². The molecule has 0 fully saturated rings. The van der Waals surface area contributed by atoms with Gasteiger partial charge in [0.25, 0.3) is 11.5 Å². The van der Waals surface area contributed by atoms with E-state index in [-0.39, 0.29) is 17.5 Å². The van der Waals surface area contributed by atoms with Crippen molar-refractivity contribution < 1.29 is 4.79 Å². The molecule has 0 spiro atoms. The Morgan fingerprint density at radius 2 is 1.93 bits per heavy atom. The first kappa shape index (κ1) is 20.3. The molecule has 1 amide bonds. The fourth-order valence-electron chi connectivity index (χ4n) is 4.15. The van der Waals surface area contributed by atoms with Crippen LogP contribution in [0.1, 0.15) is 61.3 Å². The van der Waals surface area contributed by atoms with Crippen LogP contribution in [-0.4, -0.2) is 26.4 Å². The fraction of sp³-hybridized carbons (Fsp3) is 0.400. The van der Waals surface area contributed by atoms with Gasteiger partial charge in [0.05, 0.1) is 10.9 Å². The first-order chi connectivity index (χ1) is 14.6. The van der Waals surface area contributed by atoms with E-state index in [4.69, 9.17) is 4.98 Å².